The minimum absolute atomic E-state index is 0.0148. The molecule has 1 aliphatic heterocycles. The van der Waals surface area contributed by atoms with Gasteiger partial charge in [0.15, 0.2) is 0 Å². The molecule has 0 bridgehead atoms. The monoisotopic (exact) mass is 246 g/mol. The normalized spacial score (nSPS) is 19.1. The first kappa shape index (κ1) is 12.0. The molecule has 1 aliphatic rings. The van der Waals surface area contributed by atoms with Crippen molar-refractivity contribution in [2.24, 2.45) is 0 Å². The number of hydrogen-bond donors (Lipinski definition) is 0. The molecule has 2 rings (SSSR count). The Labute approximate surface area is 105 Å². The molecule has 1 fully saturated rings. The van der Waals surface area contributed by atoms with Crippen molar-refractivity contribution in [3.8, 4) is 6.07 Å². The Hall–Kier alpha value is -1.47. The average Bonchev–Trinajstić information content (AvgIpc) is 2.86. The lowest BCUT2D eigenvalue weighted by Crippen LogP contribution is -2.34. The minimum atomic E-state index is -0.252. The Bertz CT molecular complexity index is 467. The lowest BCUT2D eigenvalue weighted by atomic mass is 10.2. The van der Waals surface area contributed by atoms with E-state index in [9.17, 15) is 4.79 Å². The number of benzene rings is 1. The highest BCUT2D eigenvalue weighted by atomic mass is 32.2. The summed E-state index contributed by atoms with van der Waals surface area (Å²) in [6.45, 7) is 0.694. The third-order valence-corrected chi connectivity index (χ3v) is 3.80. The maximum atomic E-state index is 12.4. The van der Waals surface area contributed by atoms with Crippen molar-refractivity contribution in [3.63, 3.8) is 0 Å². The topological polar surface area (TPSA) is 44.1 Å². The molecule has 0 aromatic heterocycles. The van der Waals surface area contributed by atoms with E-state index in [2.05, 4.69) is 6.07 Å². The Morgan fingerprint density at radius 3 is 3.00 bits per heavy atom. The van der Waals surface area contributed by atoms with Crippen LogP contribution in [0.15, 0.2) is 29.2 Å². The van der Waals surface area contributed by atoms with Crippen molar-refractivity contribution in [1.82, 2.24) is 4.90 Å². The second kappa shape index (κ2) is 5.24. The van der Waals surface area contributed by atoms with Gasteiger partial charge in [0, 0.05) is 11.4 Å². The van der Waals surface area contributed by atoms with E-state index in [-0.39, 0.29) is 11.9 Å². The molecule has 3 nitrogen and oxygen atoms in total. The second-order valence-electron chi connectivity index (χ2n) is 3.99. The summed E-state index contributed by atoms with van der Waals surface area (Å²) in [6.07, 6.45) is 3.67. The number of carbonyl (C=O) groups is 1. The van der Waals surface area contributed by atoms with Crippen LogP contribution < -0.4 is 0 Å². The van der Waals surface area contributed by atoms with E-state index >= 15 is 0 Å². The van der Waals surface area contributed by atoms with Gasteiger partial charge in [-0.2, -0.15) is 5.26 Å². The zero-order chi connectivity index (χ0) is 12.3. The van der Waals surface area contributed by atoms with E-state index in [1.165, 1.54) is 0 Å². The van der Waals surface area contributed by atoms with Crippen molar-refractivity contribution >= 4 is 17.7 Å². The summed E-state index contributed by atoms with van der Waals surface area (Å²) in [4.78, 5) is 15.0. The van der Waals surface area contributed by atoms with E-state index in [1.807, 2.05) is 30.5 Å². The van der Waals surface area contributed by atoms with E-state index in [4.69, 9.17) is 5.26 Å². The van der Waals surface area contributed by atoms with E-state index in [0.717, 1.165) is 17.7 Å². The summed E-state index contributed by atoms with van der Waals surface area (Å²) in [5.74, 6) is -0.0148. The zero-order valence-corrected chi connectivity index (χ0v) is 10.5. The van der Waals surface area contributed by atoms with Crippen molar-refractivity contribution in [1.29, 1.82) is 5.26 Å². The minimum Gasteiger partial charge on any atom is -0.323 e. The molecule has 88 valence electrons. The molecule has 1 atom stereocenters. The smallest absolute Gasteiger partial charge is 0.256 e. The van der Waals surface area contributed by atoms with Gasteiger partial charge in [0.25, 0.3) is 5.91 Å². The molecule has 1 amide bonds. The first-order valence-corrected chi connectivity index (χ1v) is 6.84. The highest BCUT2D eigenvalue weighted by Crippen LogP contribution is 2.25. The summed E-state index contributed by atoms with van der Waals surface area (Å²) in [7, 11) is 0. The molecule has 4 heteroatoms. The molecule has 17 heavy (non-hydrogen) atoms. The van der Waals surface area contributed by atoms with Gasteiger partial charge in [-0.05, 0) is 31.2 Å². The van der Waals surface area contributed by atoms with Crippen LogP contribution in [-0.4, -0.2) is 29.6 Å². The van der Waals surface area contributed by atoms with Crippen LogP contribution in [0.5, 0.6) is 0 Å². The number of hydrogen-bond acceptors (Lipinski definition) is 3. The third-order valence-electron chi connectivity index (χ3n) is 3.00. The maximum absolute atomic E-state index is 12.4. The number of carbonyl (C=O) groups excluding carboxylic acids is 1. The van der Waals surface area contributed by atoms with Crippen LogP contribution in [0.4, 0.5) is 0 Å². The van der Waals surface area contributed by atoms with E-state index in [1.54, 1.807) is 16.7 Å². The van der Waals surface area contributed by atoms with Crippen molar-refractivity contribution < 1.29 is 4.79 Å². The van der Waals surface area contributed by atoms with Crippen LogP contribution in [0.2, 0.25) is 0 Å². The standard InChI is InChI=1S/C13H14N2OS/c1-17-12-7-3-2-6-11(12)13(16)15-8-4-5-10(15)9-14/h2-3,6-7,10H,4-5,8H2,1H3. The number of thioether (sulfide) groups is 1. The zero-order valence-electron chi connectivity index (χ0n) is 9.72. The van der Waals surface area contributed by atoms with Gasteiger partial charge in [0.05, 0.1) is 11.6 Å². The van der Waals surface area contributed by atoms with E-state index in [0.29, 0.717) is 12.1 Å². The number of nitriles is 1. The summed E-state index contributed by atoms with van der Waals surface area (Å²) in [6, 6.07) is 9.51. The summed E-state index contributed by atoms with van der Waals surface area (Å²) < 4.78 is 0. The lowest BCUT2D eigenvalue weighted by molar-refractivity contribution is 0.0761. The highest BCUT2D eigenvalue weighted by molar-refractivity contribution is 7.98. The SMILES string of the molecule is CSc1ccccc1C(=O)N1CCCC1C#N. The first-order chi connectivity index (χ1) is 8.27. The molecule has 1 unspecified atom stereocenters. The lowest BCUT2D eigenvalue weighted by Gasteiger charge is -2.20. The maximum Gasteiger partial charge on any atom is 0.256 e. The van der Waals surface area contributed by atoms with Gasteiger partial charge in [0.1, 0.15) is 6.04 Å². The Morgan fingerprint density at radius 1 is 1.53 bits per heavy atom. The first-order valence-electron chi connectivity index (χ1n) is 5.61. The summed E-state index contributed by atoms with van der Waals surface area (Å²) in [5, 5.41) is 9.01. The van der Waals surface area contributed by atoms with Gasteiger partial charge in [-0.1, -0.05) is 12.1 Å². The van der Waals surface area contributed by atoms with Gasteiger partial charge in [-0.25, -0.2) is 0 Å². The fourth-order valence-electron chi connectivity index (χ4n) is 2.12. The van der Waals surface area contributed by atoms with Crippen LogP contribution in [0.1, 0.15) is 23.2 Å². The summed E-state index contributed by atoms with van der Waals surface area (Å²) in [5.41, 5.74) is 0.710. The predicted octanol–water partition coefficient (Wildman–Crippen LogP) is 2.54. The number of rotatable bonds is 2. The second-order valence-corrected chi connectivity index (χ2v) is 4.83. The molecule has 0 radical (unpaired) electrons. The fourth-order valence-corrected chi connectivity index (χ4v) is 2.71. The summed E-state index contributed by atoms with van der Waals surface area (Å²) >= 11 is 1.56. The van der Waals surface area contributed by atoms with Gasteiger partial charge in [-0.15, -0.1) is 11.8 Å². The van der Waals surface area contributed by atoms with Crippen molar-refractivity contribution in [2.75, 3.05) is 12.8 Å². The van der Waals surface area contributed by atoms with Gasteiger partial charge in [0.2, 0.25) is 0 Å². The Kier molecular flexibility index (Phi) is 3.70. The van der Waals surface area contributed by atoms with Crippen LogP contribution in [-0.2, 0) is 0 Å². The van der Waals surface area contributed by atoms with Gasteiger partial charge in [-0.3, -0.25) is 4.79 Å². The Morgan fingerprint density at radius 2 is 2.29 bits per heavy atom. The highest BCUT2D eigenvalue weighted by Gasteiger charge is 2.30. The number of likely N-dealkylation sites (tertiary alicyclic amines) is 1. The Balaban J connectivity index is 2.28. The molecule has 0 N–H and O–H groups in total. The average molecular weight is 246 g/mol. The van der Waals surface area contributed by atoms with Crippen LogP contribution >= 0.6 is 11.8 Å². The van der Waals surface area contributed by atoms with Crippen molar-refractivity contribution in [2.45, 2.75) is 23.8 Å². The molecule has 1 heterocycles. The fraction of sp³-hybridized carbons (Fsp3) is 0.385. The van der Waals surface area contributed by atoms with Crippen LogP contribution in [0, 0.1) is 11.3 Å². The largest absolute Gasteiger partial charge is 0.323 e. The quantitative estimate of drug-likeness (QED) is 0.753. The molecule has 0 spiro atoms. The predicted molar refractivity (Wildman–Crippen MR) is 67.9 cm³/mol. The molecule has 1 aromatic carbocycles. The molecule has 0 aliphatic carbocycles. The molecular formula is C13H14N2OS. The molecule has 1 aromatic rings. The van der Waals surface area contributed by atoms with Gasteiger partial charge < -0.3 is 4.90 Å². The van der Waals surface area contributed by atoms with Gasteiger partial charge >= 0.3 is 0 Å². The van der Waals surface area contributed by atoms with Crippen molar-refractivity contribution in [3.05, 3.63) is 29.8 Å². The molecule has 1 saturated heterocycles. The third kappa shape index (κ3) is 2.29. The molecular weight excluding hydrogens is 232 g/mol. The number of nitrogens with zero attached hydrogens (tertiary/aromatic N) is 2. The van der Waals surface area contributed by atoms with E-state index < -0.39 is 0 Å². The van der Waals surface area contributed by atoms with Crippen LogP contribution in [0.25, 0.3) is 0 Å². The number of amides is 1. The van der Waals surface area contributed by atoms with Crippen LogP contribution in [0.3, 0.4) is 0 Å². The molecule has 0 saturated carbocycles.